The Kier molecular flexibility index (Phi) is 5.24. The number of carbonyl (C=O) groups is 1. The number of pyridine rings is 1. The van der Waals surface area contributed by atoms with Gasteiger partial charge >= 0.3 is 0 Å². The second-order valence-corrected chi connectivity index (χ2v) is 7.45. The Balaban J connectivity index is 1.69. The average molecular weight is 387 g/mol. The monoisotopic (exact) mass is 385 g/mol. The third-order valence-electron chi connectivity index (χ3n) is 4.53. The van der Waals surface area contributed by atoms with Gasteiger partial charge in [-0.05, 0) is 54.1 Å². The number of likely N-dealkylation sites (tertiary alicyclic amines) is 1. The molecule has 1 atom stereocenters. The molecule has 2 aliphatic rings. The summed E-state index contributed by atoms with van der Waals surface area (Å²) in [5, 5.41) is 0.639. The molecule has 2 fully saturated rings. The molecule has 2 aliphatic heterocycles. The number of hydrogen-bond acceptors (Lipinski definition) is 3. The lowest BCUT2D eigenvalue weighted by atomic mass is 9.95. The van der Waals surface area contributed by atoms with E-state index in [4.69, 9.17) is 11.6 Å². The van der Waals surface area contributed by atoms with Gasteiger partial charge in [0.05, 0.1) is 10.9 Å². The minimum absolute atomic E-state index is 0.0772. The van der Waals surface area contributed by atoms with Crippen molar-refractivity contribution in [2.45, 2.75) is 32.1 Å². The topological polar surface area (TPSA) is 36.4 Å². The summed E-state index contributed by atoms with van der Waals surface area (Å²) in [5.41, 5.74) is 0. The van der Waals surface area contributed by atoms with Gasteiger partial charge in [0.2, 0.25) is 5.91 Å². The molecule has 1 unspecified atom stereocenters. The number of piperidine rings is 2. The van der Waals surface area contributed by atoms with Crippen molar-refractivity contribution in [3.05, 3.63) is 21.8 Å². The van der Waals surface area contributed by atoms with Crippen LogP contribution in [0.25, 0.3) is 0 Å². The molecular formula is C16H21BrClN3O. The molecular weight excluding hydrogens is 366 g/mol. The summed E-state index contributed by atoms with van der Waals surface area (Å²) in [6, 6.07) is 1.86. The number of aromatic nitrogens is 1. The van der Waals surface area contributed by atoms with Crippen LogP contribution in [-0.2, 0) is 4.79 Å². The highest BCUT2D eigenvalue weighted by atomic mass is 79.9. The van der Waals surface area contributed by atoms with Crippen LogP contribution < -0.4 is 4.90 Å². The second-order valence-electron chi connectivity index (χ2n) is 6.13. The van der Waals surface area contributed by atoms with Gasteiger partial charge in [0.25, 0.3) is 0 Å². The second kappa shape index (κ2) is 7.18. The van der Waals surface area contributed by atoms with Crippen molar-refractivity contribution in [3.8, 4) is 0 Å². The Labute approximate surface area is 145 Å². The van der Waals surface area contributed by atoms with Crippen molar-refractivity contribution in [1.29, 1.82) is 0 Å². The number of hydrogen-bond donors (Lipinski definition) is 0. The molecule has 0 bridgehead atoms. The first kappa shape index (κ1) is 16.1. The van der Waals surface area contributed by atoms with Gasteiger partial charge < -0.3 is 9.80 Å². The fourth-order valence-corrected chi connectivity index (χ4v) is 4.13. The maximum atomic E-state index is 12.7. The van der Waals surface area contributed by atoms with E-state index in [9.17, 15) is 4.79 Å². The number of rotatable bonds is 2. The SMILES string of the molecule is O=C(C1CCCN(c2ncc(Br)cc2Cl)C1)N1CCCCC1. The van der Waals surface area contributed by atoms with E-state index in [2.05, 4.69) is 25.8 Å². The highest BCUT2D eigenvalue weighted by Gasteiger charge is 2.31. The average Bonchev–Trinajstić information content (AvgIpc) is 2.55. The van der Waals surface area contributed by atoms with E-state index in [0.29, 0.717) is 10.9 Å². The first-order valence-corrected chi connectivity index (χ1v) is 9.17. The molecule has 0 aromatic carbocycles. The maximum absolute atomic E-state index is 12.7. The Bertz CT molecular complexity index is 548. The summed E-state index contributed by atoms with van der Waals surface area (Å²) >= 11 is 9.69. The standard InChI is InChI=1S/C16H21BrClN3O/c17-13-9-14(18)15(19-10-13)21-8-4-5-12(11-21)16(22)20-6-2-1-3-7-20/h9-10,12H,1-8,11H2. The number of nitrogens with zero attached hydrogens (tertiary/aromatic N) is 3. The van der Waals surface area contributed by atoms with Crippen molar-refractivity contribution in [2.24, 2.45) is 5.92 Å². The molecule has 6 heteroatoms. The normalized spacial score (nSPS) is 22.7. The van der Waals surface area contributed by atoms with Gasteiger partial charge in [-0.25, -0.2) is 4.98 Å². The van der Waals surface area contributed by atoms with Crippen molar-refractivity contribution in [2.75, 3.05) is 31.1 Å². The molecule has 3 rings (SSSR count). The Morgan fingerprint density at radius 1 is 1.23 bits per heavy atom. The Hall–Kier alpha value is -0.810. The zero-order valence-electron chi connectivity index (χ0n) is 12.6. The predicted octanol–water partition coefficient (Wildman–Crippen LogP) is 3.73. The molecule has 0 radical (unpaired) electrons. The van der Waals surface area contributed by atoms with Crippen LogP contribution in [0.4, 0.5) is 5.82 Å². The van der Waals surface area contributed by atoms with Gasteiger partial charge in [-0.3, -0.25) is 4.79 Å². The predicted molar refractivity (Wildman–Crippen MR) is 92.3 cm³/mol. The fourth-order valence-electron chi connectivity index (χ4n) is 3.38. The zero-order chi connectivity index (χ0) is 15.5. The quantitative estimate of drug-likeness (QED) is 0.777. The van der Waals surface area contributed by atoms with Crippen LogP contribution in [-0.4, -0.2) is 42.0 Å². The van der Waals surface area contributed by atoms with Crippen LogP contribution in [0.15, 0.2) is 16.7 Å². The highest BCUT2D eigenvalue weighted by Crippen LogP contribution is 2.30. The van der Waals surface area contributed by atoms with Crippen molar-refractivity contribution in [3.63, 3.8) is 0 Å². The van der Waals surface area contributed by atoms with Crippen molar-refractivity contribution < 1.29 is 4.79 Å². The molecule has 0 N–H and O–H groups in total. The smallest absolute Gasteiger partial charge is 0.227 e. The zero-order valence-corrected chi connectivity index (χ0v) is 14.9. The molecule has 2 saturated heterocycles. The van der Waals surface area contributed by atoms with E-state index in [1.54, 1.807) is 6.20 Å². The fraction of sp³-hybridized carbons (Fsp3) is 0.625. The maximum Gasteiger partial charge on any atom is 0.227 e. The van der Waals surface area contributed by atoms with Crippen LogP contribution in [0.1, 0.15) is 32.1 Å². The summed E-state index contributed by atoms with van der Waals surface area (Å²) in [6.45, 7) is 3.49. The Morgan fingerprint density at radius 2 is 2.00 bits per heavy atom. The minimum Gasteiger partial charge on any atom is -0.355 e. The van der Waals surface area contributed by atoms with E-state index in [1.807, 2.05) is 11.0 Å². The summed E-state index contributed by atoms with van der Waals surface area (Å²) in [6.07, 6.45) is 7.28. The highest BCUT2D eigenvalue weighted by molar-refractivity contribution is 9.10. The lowest BCUT2D eigenvalue weighted by Gasteiger charge is -2.37. The van der Waals surface area contributed by atoms with Gasteiger partial charge in [-0.1, -0.05) is 11.6 Å². The lowest BCUT2D eigenvalue weighted by Crippen LogP contribution is -2.46. The Morgan fingerprint density at radius 3 is 2.73 bits per heavy atom. The van der Waals surface area contributed by atoms with Crippen molar-refractivity contribution in [1.82, 2.24) is 9.88 Å². The van der Waals surface area contributed by atoms with Gasteiger partial charge in [0, 0.05) is 36.8 Å². The molecule has 4 nitrogen and oxygen atoms in total. The molecule has 1 aromatic rings. The molecule has 0 spiro atoms. The number of carbonyl (C=O) groups excluding carboxylic acids is 1. The summed E-state index contributed by atoms with van der Waals surface area (Å²) < 4.78 is 0.874. The minimum atomic E-state index is 0.0772. The molecule has 22 heavy (non-hydrogen) atoms. The van der Waals surface area contributed by atoms with Crippen LogP contribution in [0.5, 0.6) is 0 Å². The molecule has 120 valence electrons. The van der Waals surface area contributed by atoms with E-state index < -0.39 is 0 Å². The largest absolute Gasteiger partial charge is 0.355 e. The first-order valence-electron chi connectivity index (χ1n) is 8.00. The van der Waals surface area contributed by atoms with Gasteiger partial charge in [-0.2, -0.15) is 0 Å². The van der Waals surface area contributed by atoms with Crippen LogP contribution >= 0.6 is 27.5 Å². The number of amides is 1. The first-order chi connectivity index (χ1) is 10.6. The number of halogens is 2. The van der Waals surface area contributed by atoms with Crippen molar-refractivity contribution >= 4 is 39.3 Å². The lowest BCUT2D eigenvalue weighted by molar-refractivity contribution is -0.136. The molecule has 0 aliphatic carbocycles. The van der Waals surface area contributed by atoms with Gasteiger partial charge in [0.1, 0.15) is 5.82 Å². The van der Waals surface area contributed by atoms with Gasteiger partial charge in [-0.15, -0.1) is 0 Å². The van der Waals surface area contributed by atoms with Crippen LogP contribution in [0, 0.1) is 5.92 Å². The molecule has 1 aromatic heterocycles. The number of anilines is 1. The van der Waals surface area contributed by atoms with E-state index in [0.717, 1.165) is 62.2 Å². The summed E-state index contributed by atoms with van der Waals surface area (Å²) in [4.78, 5) is 21.3. The van der Waals surface area contributed by atoms with Gasteiger partial charge in [0.15, 0.2) is 0 Å². The van der Waals surface area contributed by atoms with Crippen LogP contribution in [0.3, 0.4) is 0 Å². The third kappa shape index (κ3) is 3.57. The van der Waals surface area contributed by atoms with E-state index in [-0.39, 0.29) is 5.92 Å². The molecule has 1 amide bonds. The van der Waals surface area contributed by atoms with E-state index >= 15 is 0 Å². The van der Waals surface area contributed by atoms with Crippen LogP contribution in [0.2, 0.25) is 5.02 Å². The molecule has 0 saturated carbocycles. The summed E-state index contributed by atoms with van der Waals surface area (Å²) in [5.74, 6) is 1.19. The third-order valence-corrected chi connectivity index (χ3v) is 5.24. The summed E-state index contributed by atoms with van der Waals surface area (Å²) in [7, 11) is 0. The van der Waals surface area contributed by atoms with E-state index in [1.165, 1.54) is 6.42 Å². The molecule has 3 heterocycles.